The van der Waals surface area contributed by atoms with E-state index in [1.165, 1.54) is 11.8 Å². The van der Waals surface area contributed by atoms with Crippen molar-refractivity contribution >= 4 is 40.9 Å². The number of halogens is 2. The summed E-state index contributed by atoms with van der Waals surface area (Å²) in [5.41, 5.74) is 8.70. The van der Waals surface area contributed by atoms with Gasteiger partial charge >= 0.3 is 0 Å². The summed E-state index contributed by atoms with van der Waals surface area (Å²) < 4.78 is 5.91. The maximum absolute atomic E-state index is 6.44. The van der Waals surface area contributed by atoms with Crippen molar-refractivity contribution in [2.75, 3.05) is 5.73 Å². The van der Waals surface area contributed by atoms with Gasteiger partial charge in [0, 0.05) is 11.3 Å². The molecule has 0 atom stereocenters. The molecule has 0 aliphatic heterocycles. The van der Waals surface area contributed by atoms with E-state index < -0.39 is 0 Å². The van der Waals surface area contributed by atoms with Gasteiger partial charge in [-0.05, 0) is 23.3 Å². The second-order valence-electron chi connectivity index (χ2n) is 6.61. The molecule has 0 saturated carbocycles. The van der Waals surface area contributed by atoms with E-state index in [0.29, 0.717) is 44.7 Å². The molecule has 0 bridgehead atoms. The van der Waals surface area contributed by atoms with Crippen LogP contribution in [-0.2, 0) is 12.4 Å². The van der Waals surface area contributed by atoms with E-state index in [2.05, 4.69) is 15.0 Å². The summed E-state index contributed by atoms with van der Waals surface area (Å²) in [4.78, 5) is 13.1. The van der Waals surface area contributed by atoms with E-state index >= 15 is 0 Å². The molecule has 0 saturated heterocycles. The fourth-order valence-corrected chi connectivity index (χ4v) is 4.15. The van der Waals surface area contributed by atoms with Crippen LogP contribution in [0.1, 0.15) is 11.1 Å². The second kappa shape index (κ2) is 10.0. The summed E-state index contributed by atoms with van der Waals surface area (Å²) in [7, 11) is 0. The third-order valence-electron chi connectivity index (χ3n) is 4.34. The highest BCUT2D eigenvalue weighted by molar-refractivity contribution is 7.98. The zero-order chi connectivity index (χ0) is 21.6. The fraction of sp³-hybridized carbons (Fsp3) is 0.0870. The fourth-order valence-electron chi connectivity index (χ4n) is 2.83. The normalized spacial score (nSPS) is 10.8. The summed E-state index contributed by atoms with van der Waals surface area (Å²) in [5, 5.41) is 1.33. The molecule has 3 aromatic carbocycles. The van der Waals surface area contributed by atoms with Crippen LogP contribution in [0.2, 0.25) is 10.0 Å². The number of rotatable bonds is 7. The number of hydrogen-bond acceptors (Lipinski definition) is 6. The van der Waals surface area contributed by atoms with Crippen LogP contribution in [0.3, 0.4) is 0 Å². The number of nitrogens with two attached hydrogens (primary N) is 1. The quantitative estimate of drug-likeness (QED) is 0.320. The summed E-state index contributed by atoms with van der Waals surface area (Å²) in [6, 6.07) is 23.2. The van der Waals surface area contributed by atoms with Crippen LogP contribution < -0.4 is 10.5 Å². The first-order valence-corrected chi connectivity index (χ1v) is 11.2. The number of ether oxygens (including phenoxy) is 1. The molecule has 1 heterocycles. The number of nitrogens with zero attached hydrogens (tertiary/aromatic N) is 3. The summed E-state index contributed by atoms with van der Waals surface area (Å²) >= 11 is 14.3. The number of anilines is 1. The zero-order valence-corrected chi connectivity index (χ0v) is 18.7. The lowest BCUT2D eigenvalue weighted by molar-refractivity contribution is 0.306. The summed E-state index contributed by atoms with van der Waals surface area (Å²) in [5.74, 6) is 1.69. The van der Waals surface area contributed by atoms with Gasteiger partial charge in [0.1, 0.15) is 12.4 Å². The predicted molar refractivity (Wildman–Crippen MR) is 126 cm³/mol. The van der Waals surface area contributed by atoms with Crippen LogP contribution in [0.15, 0.2) is 78.0 Å². The minimum atomic E-state index is 0.123. The van der Waals surface area contributed by atoms with Crippen molar-refractivity contribution in [2.45, 2.75) is 17.5 Å². The van der Waals surface area contributed by atoms with Crippen molar-refractivity contribution in [1.82, 2.24) is 15.0 Å². The smallest absolute Gasteiger partial charge is 0.224 e. The van der Waals surface area contributed by atoms with E-state index in [4.69, 9.17) is 33.7 Å². The maximum atomic E-state index is 6.44. The molecule has 0 spiro atoms. The lowest BCUT2D eigenvalue weighted by atomic mass is 10.2. The highest BCUT2D eigenvalue weighted by Gasteiger charge is 2.15. The Morgan fingerprint density at radius 3 is 2.19 bits per heavy atom. The molecule has 0 unspecified atom stereocenters. The number of hydrogen-bond donors (Lipinski definition) is 1. The van der Waals surface area contributed by atoms with Crippen LogP contribution in [0.5, 0.6) is 5.75 Å². The minimum Gasteiger partial charge on any atom is -0.487 e. The van der Waals surface area contributed by atoms with Gasteiger partial charge in [-0.3, -0.25) is 0 Å². The molecule has 0 radical (unpaired) electrons. The average molecular weight is 469 g/mol. The van der Waals surface area contributed by atoms with Gasteiger partial charge < -0.3 is 10.5 Å². The summed E-state index contributed by atoms with van der Waals surface area (Å²) in [6.45, 7) is 0.374. The molecule has 4 aromatic rings. The van der Waals surface area contributed by atoms with Crippen molar-refractivity contribution in [3.63, 3.8) is 0 Å². The topological polar surface area (TPSA) is 73.9 Å². The van der Waals surface area contributed by atoms with Crippen molar-refractivity contribution in [3.05, 3.63) is 94.0 Å². The van der Waals surface area contributed by atoms with Crippen LogP contribution in [-0.4, -0.2) is 15.0 Å². The Labute approximate surface area is 194 Å². The van der Waals surface area contributed by atoms with Gasteiger partial charge in [-0.2, -0.15) is 9.97 Å². The molecule has 2 N–H and O–H groups in total. The van der Waals surface area contributed by atoms with Crippen LogP contribution in [0.25, 0.3) is 11.4 Å². The average Bonchev–Trinajstić information content (AvgIpc) is 2.78. The third-order valence-corrected chi connectivity index (χ3v) is 5.87. The molecule has 0 amide bonds. The highest BCUT2D eigenvalue weighted by atomic mass is 35.5. The second-order valence-corrected chi connectivity index (χ2v) is 8.37. The molecule has 31 heavy (non-hydrogen) atoms. The van der Waals surface area contributed by atoms with E-state index in [9.17, 15) is 0 Å². The molecule has 4 rings (SSSR count). The minimum absolute atomic E-state index is 0.123. The number of nitrogen functional groups attached to an aromatic ring is 1. The maximum Gasteiger partial charge on any atom is 0.224 e. The largest absolute Gasteiger partial charge is 0.487 e. The van der Waals surface area contributed by atoms with Gasteiger partial charge in [-0.1, -0.05) is 95.6 Å². The first-order chi connectivity index (χ1) is 15.1. The number of aromatic nitrogens is 3. The Morgan fingerprint density at radius 1 is 0.806 bits per heavy atom. The van der Waals surface area contributed by atoms with Crippen molar-refractivity contribution < 1.29 is 4.74 Å². The van der Waals surface area contributed by atoms with Gasteiger partial charge in [0.05, 0.1) is 10.0 Å². The molecule has 0 aliphatic rings. The van der Waals surface area contributed by atoms with E-state index in [1.54, 1.807) is 12.1 Å². The standard InChI is InChI=1S/C23H18Cl2N4OS/c24-18-12-19(25)20(30-13-15-7-3-1-4-8-15)11-17(18)21-27-22(26)29-23(28-21)31-14-16-9-5-2-6-10-16/h1-12H,13-14H2,(H2,26,27,28,29). The molecule has 0 aliphatic carbocycles. The van der Waals surface area contributed by atoms with Gasteiger partial charge in [0.15, 0.2) is 11.0 Å². The number of thioether (sulfide) groups is 1. The Morgan fingerprint density at radius 2 is 1.48 bits per heavy atom. The van der Waals surface area contributed by atoms with Crippen LogP contribution in [0, 0.1) is 0 Å². The lowest BCUT2D eigenvalue weighted by Gasteiger charge is -2.12. The van der Waals surface area contributed by atoms with E-state index in [1.807, 2.05) is 60.7 Å². The molecular formula is C23H18Cl2N4OS. The Balaban J connectivity index is 1.58. The van der Waals surface area contributed by atoms with E-state index in [0.717, 1.165) is 11.1 Å². The third kappa shape index (κ3) is 5.67. The molecule has 1 aromatic heterocycles. The van der Waals surface area contributed by atoms with Gasteiger partial charge in [0.25, 0.3) is 0 Å². The Kier molecular flexibility index (Phi) is 6.92. The van der Waals surface area contributed by atoms with E-state index in [-0.39, 0.29) is 5.95 Å². The first-order valence-electron chi connectivity index (χ1n) is 9.43. The summed E-state index contributed by atoms with van der Waals surface area (Å²) in [6.07, 6.45) is 0. The molecule has 156 valence electrons. The van der Waals surface area contributed by atoms with Gasteiger partial charge in [-0.25, -0.2) is 4.98 Å². The molecule has 0 fully saturated rings. The molecular weight excluding hydrogens is 451 g/mol. The Hall–Kier alpha value is -2.80. The monoisotopic (exact) mass is 468 g/mol. The van der Waals surface area contributed by atoms with Crippen molar-refractivity contribution in [3.8, 4) is 17.1 Å². The van der Waals surface area contributed by atoms with Crippen molar-refractivity contribution in [1.29, 1.82) is 0 Å². The van der Waals surface area contributed by atoms with Gasteiger partial charge in [0.2, 0.25) is 5.95 Å². The first kappa shape index (κ1) is 21.4. The zero-order valence-electron chi connectivity index (χ0n) is 16.3. The predicted octanol–water partition coefficient (Wildman–Crippen LogP) is 6.30. The van der Waals surface area contributed by atoms with Crippen LogP contribution >= 0.6 is 35.0 Å². The van der Waals surface area contributed by atoms with Crippen molar-refractivity contribution in [2.24, 2.45) is 0 Å². The SMILES string of the molecule is Nc1nc(SCc2ccccc2)nc(-c2cc(OCc3ccccc3)c(Cl)cc2Cl)n1. The highest BCUT2D eigenvalue weighted by Crippen LogP contribution is 2.36. The lowest BCUT2D eigenvalue weighted by Crippen LogP contribution is -2.03. The molecule has 5 nitrogen and oxygen atoms in total. The molecule has 8 heteroatoms. The Bertz CT molecular complexity index is 1180. The van der Waals surface area contributed by atoms with Gasteiger partial charge in [-0.15, -0.1) is 0 Å². The number of benzene rings is 3. The van der Waals surface area contributed by atoms with Crippen LogP contribution in [0.4, 0.5) is 5.95 Å².